The minimum atomic E-state index is -0.645. The van der Waals surface area contributed by atoms with Crippen LogP contribution >= 0.6 is 28.4 Å². The zero-order valence-electron chi connectivity index (χ0n) is 24.4. The second-order valence-electron chi connectivity index (χ2n) is 10.8. The van der Waals surface area contributed by atoms with Crippen LogP contribution in [0.1, 0.15) is 20.3 Å². The van der Waals surface area contributed by atoms with Gasteiger partial charge in [-0.25, -0.2) is 9.37 Å². The molecule has 8 nitrogen and oxygen atoms in total. The van der Waals surface area contributed by atoms with Crippen LogP contribution in [0.4, 0.5) is 4.39 Å². The van der Waals surface area contributed by atoms with E-state index in [1.54, 1.807) is 0 Å². The monoisotopic (exact) mass is 719 g/mol. The fourth-order valence-electron chi connectivity index (χ4n) is 5.89. The summed E-state index contributed by atoms with van der Waals surface area (Å²) in [5.74, 6) is 1.07. The van der Waals surface area contributed by atoms with Crippen molar-refractivity contribution < 1.29 is 28.4 Å². The third-order valence-electron chi connectivity index (χ3n) is 8.04. The third-order valence-corrected chi connectivity index (χ3v) is 10.1. The molecule has 2 aromatic heterocycles. The second kappa shape index (κ2) is 13.3. The summed E-state index contributed by atoms with van der Waals surface area (Å²) < 4.78 is 41.1. The van der Waals surface area contributed by atoms with Gasteiger partial charge in [-0.05, 0) is 58.8 Å². The number of fused-ring (bicyclic) bond motifs is 2. The lowest BCUT2D eigenvalue weighted by atomic mass is 10.0. The number of pyridine rings is 1. The Labute approximate surface area is 265 Å². The molecule has 3 unspecified atom stereocenters. The summed E-state index contributed by atoms with van der Waals surface area (Å²) in [6, 6.07) is 19.3. The fraction of sp³-hybridized carbons (Fsp3) is 0.406. The summed E-state index contributed by atoms with van der Waals surface area (Å²) in [6.07, 6.45) is -0.141. The Hall–Kier alpha value is -2.34. The van der Waals surface area contributed by atoms with Crippen molar-refractivity contribution in [3.8, 4) is 34.0 Å². The van der Waals surface area contributed by atoms with Gasteiger partial charge in [0.15, 0.2) is 17.8 Å². The summed E-state index contributed by atoms with van der Waals surface area (Å²) in [4.78, 5) is 6.98. The summed E-state index contributed by atoms with van der Waals surface area (Å²) in [7, 11) is 2.11. The number of hydrogen-bond donors (Lipinski definition) is 1. The molecule has 4 aromatic rings. The molecule has 3 aliphatic rings. The molecule has 7 rings (SSSR count). The Morgan fingerprint density at radius 3 is 2.30 bits per heavy atom. The molecule has 6 atom stereocenters. The van der Waals surface area contributed by atoms with E-state index in [2.05, 4.69) is 46.1 Å². The number of likely N-dealkylation sites (N-methyl/N-ethyl adjacent to an activating group) is 1. The van der Waals surface area contributed by atoms with Gasteiger partial charge in [-0.15, -0.1) is 0 Å². The first kappa shape index (κ1) is 30.7. The first-order chi connectivity index (χ1) is 21.0. The summed E-state index contributed by atoms with van der Waals surface area (Å²) in [5, 5.41) is 10.0. The number of rotatable bonds is 7. The maximum atomic E-state index is 15.4. The van der Waals surface area contributed by atoms with E-state index in [0.717, 1.165) is 36.4 Å². The molecule has 1 N–H and O–H groups in total. The molecule has 43 heavy (non-hydrogen) atoms. The molecule has 0 aliphatic carbocycles. The van der Waals surface area contributed by atoms with Crippen molar-refractivity contribution in [3.05, 3.63) is 66.5 Å². The average molecular weight is 720 g/mol. The van der Waals surface area contributed by atoms with Crippen LogP contribution in [0.15, 0.2) is 60.7 Å². The Bertz CT molecular complexity index is 1550. The quantitative estimate of drug-likeness (QED) is 0.177. The van der Waals surface area contributed by atoms with E-state index in [0.29, 0.717) is 34.8 Å². The highest BCUT2D eigenvalue weighted by molar-refractivity contribution is 14.2. The first-order valence-electron chi connectivity index (χ1n) is 14.7. The molecular weight excluding hydrogens is 683 g/mol. The van der Waals surface area contributed by atoms with Crippen molar-refractivity contribution >= 4 is 39.4 Å². The van der Waals surface area contributed by atoms with Crippen molar-refractivity contribution in [1.29, 1.82) is 0 Å². The van der Waals surface area contributed by atoms with Gasteiger partial charge in [-0.3, -0.25) is 4.34 Å². The van der Waals surface area contributed by atoms with E-state index >= 15 is 4.39 Å². The average Bonchev–Trinajstić information content (AvgIpc) is 3.80. The predicted octanol–water partition coefficient (Wildman–Crippen LogP) is 6.32. The third kappa shape index (κ3) is 6.28. The van der Waals surface area contributed by atoms with E-state index in [1.165, 1.54) is 6.07 Å². The van der Waals surface area contributed by atoms with Crippen molar-refractivity contribution in [2.24, 2.45) is 0 Å². The first-order valence-corrected chi connectivity index (χ1v) is 18.8. The van der Waals surface area contributed by atoms with Crippen molar-refractivity contribution in [3.63, 3.8) is 0 Å². The molecule has 0 spiro atoms. The van der Waals surface area contributed by atoms with Crippen LogP contribution in [0.5, 0.6) is 11.6 Å². The smallest absolute Gasteiger partial charge is 0.200 e. The van der Waals surface area contributed by atoms with Gasteiger partial charge in [0.2, 0.25) is 0 Å². The van der Waals surface area contributed by atoms with Crippen molar-refractivity contribution in [2.45, 2.75) is 50.8 Å². The highest BCUT2D eigenvalue weighted by Crippen LogP contribution is 2.40. The Balaban J connectivity index is 0.00000161. The number of aliphatic hydroxyl groups excluding tert-OH is 1. The molecule has 3 saturated heterocycles. The Morgan fingerprint density at radius 2 is 1.63 bits per heavy atom. The Morgan fingerprint density at radius 1 is 0.953 bits per heavy atom. The van der Waals surface area contributed by atoms with Crippen LogP contribution in [0, 0.1) is 5.82 Å². The van der Waals surface area contributed by atoms with Gasteiger partial charge in [0.1, 0.15) is 35.9 Å². The highest BCUT2D eigenvalue weighted by atomic mass is 127. The van der Waals surface area contributed by atoms with Crippen LogP contribution in [-0.2, 0) is 9.47 Å². The Kier molecular flexibility index (Phi) is 9.52. The maximum absolute atomic E-state index is 15.4. The standard InChI is InChI=1S/C30H30FIN3O5P.C2H6/c1-34-11-10-21(14-34)39-20-8-6-18(7-9-20)17-2-4-19(5-3-17)28-22(31)12-24-23(33-28)13-27(35(24)41-32)40-26-16-38-29-25(36)15-37-30(26)29;1-2/h2-9,12-13,21,25-26,29-30,36,41H,10-11,14-16H2,1H3;1-2H3/t21?,25-,26-,29?,30-;/m1./s1. The van der Waals surface area contributed by atoms with E-state index < -0.39 is 11.9 Å². The van der Waals surface area contributed by atoms with E-state index in [1.807, 2.05) is 60.6 Å². The van der Waals surface area contributed by atoms with Gasteiger partial charge in [0.05, 0.1) is 30.6 Å². The molecule has 0 saturated carbocycles. The van der Waals surface area contributed by atoms with Crippen LogP contribution in [-0.4, -0.2) is 83.2 Å². The number of ether oxygens (including phenoxy) is 4. The van der Waals surface area contributed by atoms with Gasteiger partial charge in [-0.2, -0.15) is 0 Å². The summed E-state index contributed by atoms with van der Waals surface area (Å²) >= 11 is 2.25. The number of aromatic nitrogens is 2. The topological polar surface area (TPSA) is 78.2 Å². The van der Waals surface area contributed by atoms with Crippen LogP contribution in [0.2, 0.25) is 0 Å². The van der Waals surface area contributed by atoms with Gasteiger partial charge < -0.3 is 29.0 Å². The van der Waals surface area contributed by atoms with Crippen LogP contribution in [0.25, 0.3) is 33.4 Å². The van der Waals surface area contributed by atoms with E-state index in [4.69, 9.17) is 23.9 Å². The van der Waals surface area contributed by atoms with Gasteiger partial charge in [0, 0.05) is 30.8 Å². The van der Waals surface area contributed by atoms with Gasteiger partial charge >= 0.3 is 0 Å². The normalized spacial score (nSPS) is 25.3. The molecular formula is C32H36FIN3O5P. The lowest BCUT2D eigenvalue weighted by molar-refractivity contribution is 0.00776. The number of likely N-dealkylation sites (tertiary alicyclic amines) is 1. The molecule has 3 fully saturated rings. The molecule has 0 amide bonds. The minimum Gasteiger partial charge on any atom is -0.489 e. The summed E-state index contributed by atoms with van der Waals surface area (Å²) in [6.45, 7) is 6.58. The molecule has 2 aromatic carbocycles. The largest absolute Gasteiger partial charge is 0.489 e. The molecule has 11 heteroatoms. The maximum Gasteiger partial charge on any atom is 0.200 e. The lowest BCUT2D eigenvalue weighted by Crippen LogP contribution is -2.34. The fourth-order valence-corrected chi connectivity index (χ4v) is 7.85. The highest BCUT2D eigenvalue weighted by Gasteiger charge is 2.48. The number of benzene rings is 2. The lowest BCUT2D eigenvalue weighted by Gasteiger charge is -2.18. The van der Waals surface area contributed by atoms with Crippen molar-refractivity contribution in [1.82, 2.24) is 14.2 Å². The second-order valence-corrected chi connectivity index (χ2v) is 12.9. The number of hydrogen-bond acceptors (Lipinski definition) is 7. The molecule has 0 radical (unpaired) electrons. The van der Waals surface area contributed by atoms with Crippen LogP contribution < -0.4 is 9.47 Å². The van der Waals surface area contributed by atoms with Gasteiger partial charge in [-0.1, -0.05) is 50.2 Å². The van der Waals surface area contributed by atoms with Crippen molar-refractivity contribution in [2.75, 3.05) is 33.4 Å². The SMILES string of the molecule is CC.CN1CCC(Oc2ccc(-c3ccc(-c4nc5cc(O[C@@H]6COC7[C@H](O)CO[C@@H]76)n(PI)c5cc4F)cc3)cc2)C1. The minimum absolute atomic E-state index is 0.235. The van der Waals surface area contributed by atoms with E-state index in [-0.39, 0.29) is 37.4 Å². The van der Waals surface area contributed by atoms with Gasteiger partial charge in [0.25, 0.3) is 0 Å². The predicted molar refractivity (Wildman–Crippen MR) is 176 cm³/mol. The zero-order chi connectivity index (χ0) is 30.1. The van der Waals surface area contributed by atoms with Crippen LogP contribution in [0.3, 0.4) is 0 Å². The molecule has 5 heterocycles. The summed E-state index contributed by atoms with van der Waals surface area (Å²) in [5.41, 5.74) is 4.41. The number of halogens is 2. The number of aliphatic hydroxyl groups is 1. The molecule has 228 valence electrons. The van der Waals surface area contributed by atoms with E-state index in [9.17, 15) is 5.11 Å². The number of nitrogens with zero attached hydrogens (tertiary/aromatic N) is 3. The zero-order valence-corrected chi connectivity index (χ0v) is 27.5. The molecule has 0 bridgehead atoms. The molecule has 3 aliphatic heterocycles.